The maximum atomic E-state index is 12.7. The van der Waals surface area contributed by atoms with Crippen molar-refractivity contribution in [3.05, 3.63) is 48.6 Å². The normalized spacial score (nSPS) is 13.3. The van der Waals surface area contributed by atoms with Crippen LogP contribution in [0.3, 0.4) is 0 Å². The number of ether oxygens (including phenoxy) is 2. The predicted molar refractivity (Wildman–Crippen MR) is 312 cm³/mol. The molecule has 73 heavy (non-hydrogen) atoms. The smallest absolute Gasteiger partial charge is 0.462 e. The van der Waals surface area contributed by atoms with Crippen LogP contribution in [-0.2, 0) is 32.7 Å². The highest BCUT2D eigenvalue weighted by Crippen LogP contribution is 2.43. The summed E-state index contributed by atoms with van der Waals surface area (Å²) < 4.78 is 33.1. The van der Waals surface area contributed by atoms with Gasteiger partial charge in [0.15, 0.2) is 6.10 Å². The molecule has 0 bridgehead atoms. The van der Waals surface area contributed by atoms with E-state index in [0.717, 1.165) is 70.6 Å². The number of allylic oxidation sites excluding steroid dienone is 8. The van der Waals surface area contributed by atoms with Crippen LogP contribution in [0.4, 0.5) is 0 Å². The standard InChI is InChI=1S/C63H118NO8P/c1-3-5-7-9-11-13-15-17-19-21-23-25-27-28-29-30-31-32-34-35-37-39-41-43-45-47-49-51-53-55-62(65)69-59-61(60-71-73(67,68)70-58-57-64)72-63(66)56-54-52-50-48-46-44-42-40-38-36-33-26-24-22-20-18-16-14-12-10-8-6-4-2/h6,8,12,14,18,20,24,26,61H,3-5,7,9-11,13,15-17,19,21-23,25,27-60,64H2,1-2H3,(H,67,68)/b8-6-,14-12-,20-18-,26-24-. The first-order valence-electron chi connectivity index (χ1n) is 31.1. The van der Waals surface area contributed by atoms with Gasteiger partial charge in [0.1, 0.15) is 6.61 Å². The third kappa shape index (κ3) is 59.1. The molecule has 2 unspecified atom stereocenters. The number of phosphoric acid groups is 1. The van der Waals surface area contributed by atoms with Gasteiger partial charge in [0.2, 0.25) is 0 Å². The third-order valence-electron chi connectivity index (χ3n) is 13.7. The van der Waals surface area contributed by atoms with Crippen molar-refractivity contribution in [3.8, 4) is 0 Å². The number of hydrogen-bond donors (Lipinski definition) is 2. The average molecular weight is 1050 g/mol. The van der Waals surface area contributed by atoms with Gasteiger partial charge in [-0.2, -0.15) is 0 Å². The maximum absolute atomic E-state index is 12.7. The first kappa shape index (κ1) is 71.0. The fourth-order valence-electron chi connectivity index (χ4n) is 9.16. The zero-order valence-electron chi connectivity index (χ0n) is 47.9. The Morgan fingerprint density at radius 1 is 0.425 bits per heavy atom. The second-order valence-corrected chi connectivity index (χ2v) is 22.4. The molecule has 0 saturated heterocycles. The number of carbonyl (C=O) groups excluding carboxylic acids is 2. The quantitative estimate of drug-likeness (QED) is 0.0264. The molecule has 0 aliphatic carbocycles. The molecule has 0 saturated carbocycles. The Kier molecular flexibility index (Phi) is 57.6. The summed E-state index contributed by atoms with van der Waals surface area (Å²) in [5.41, 5.74) is 5.39. The predicted octanol–water partition coefficient (Wildman–Crippen LogP) is 19.7. The molecule has 0 aromatic carbocycles. The van der Waals surface area contributed by atoms with Crippen LogP contribution in [0.2, 0.25) is 0 Å². The minimum absolute atomic E-state index is 0.0530. The maximum Gasteiger partial charge on any atom is 0.472 e. The molecule has 0 radical (unpaired) electrons. The lowest BCUT2D eigenvalue weighted by atomic mass is 10.0. The summed E-state index contributed by atoms with van der Waals surface area (Å²) in [4.78, 5) is 35.2. The monoisotopic (exact) mass is 1050 g/mol. The average Bonchev–Trinajstić information content (AvgIpc) is 3.38. The molecule has 0 heterocycles. The minimum Gasteiger partial charge on any atom is -0.462 e. The Bertz CT molecular complexity index is 1330. The molecule has 0 aromatic rings. The van der Waals surface area contributed by atoms with Crippen molar-refractivity contribution < 1.29 is 37.6 Å². The van der Waals surface area contributed by atoms with Gasteiger partial charge in [-0.1, -0.05) is 294 Å². The Morgan fingerprint density at radius 3 is 1.12 bits per heavy atom. The molecule has 0 aliphatic heterocycles. The number of hydrogen-bond acceptors (Lipinski definition) is 8. The van der Waals surface area contributed by atoms with Crippen molar-refractivity contribution in [3.63, 3.8) is 0 Å². The van der Waals surface area contributed by atoms with Gasteiger partial charge in [0, 0.05) is 19.4 Å². The van der Waals surface area contributed by atoms with E-state index in [1.165, 1.54) is 205 Å². The number of nitrogens with two attached hydrogens (primary N) is 1. The lowest BCUT2D eigenvalue weighted by molar-refractivity contribution is -0.161. The molecular weight excluding hydrogens is 930 g/mol. The summed E-state index contributed by atoms with van der Waals surface area (Å²) in [5, 5.41) is 0. The minimum atomic E-state index is -4.39. The molecular formula is C63H118NO8P. The van der Waals surface area contributed by atoms with Gasteiger partial charge in [-0.25, -0.2) is 4.57 Å². The molecule has 0 aliphatic rings. The summed E-state index contributed by atoms with van der Waals surface area (Å²) >= 11 is 0. The largest absolute Gasteiger partial charge is 0.472 e. The third-order valence-corrected chi connectivity index (χ3v) is 14.7. The number of unbranched alkanes of at least 4 members (excludes halogenated alkanes) is 38. The van der Waals surface area contributed by atoms with Crippen LogP contribution in [0.25, 0.3) is 0 Å². The van der Waals surface area contributed by atoms with Crippen molar-refractivity contribution in [2.45, 2.75) is 315 Å². The van der Waals surface area contributed by atoms with E-state index in [1.54, 1.807) is 0 Å². The lowest BCUT2D eigenvalue weighted by Gasteiger charge is -2.19. The van der Waals surface area contributed by atoms with E-state index in [2.05, 4.69) is 62.5 Å². The van der Waals surface area contributed by atoms with Gasteiger partial charge in [-0.15, -0.1) is 0 Å². The highest BCUT2D eigenvalue weighted by atomic mass is 31.2. The van der Waals surface area contributed by atoms with Crippen molar-refractivity contribution in [2.75, 3.05) is 26.4 Å². The van der Waals surface area contributed by atoms with Gasteiger partial charge in [-0.05, 0) is 51.4 Å². The Labute approximate surface area is 451 Å². The van der Waals surface area contributed by atoms with E-state index in [0.29, 0.717) is 6.42 Å². The number of rotatable bonds is 59. The fourth-order valence-corrected chi connectivity index (χ4v) is 9.93. The van der Waals surface area contributed by atoms with E-state index >= 15 is 0 Å². The van der Waals surface area contributed by atoms with E-state index in [9.17, 15) is 19.0 Å². The Morgan fingerprint density at radius 2 is 0.753 bits per heavy atom. The van der Waals surface area contributed by atoms with Crippen LogP contribution in [0.5, 0.6) is 0 Å². The second kappa shape index (κ2) is 59.2. The van der Waals surface area contributed by atoms with Crippen LogP contribution in [0.15, 0.2) is 48.6 Å². The lowest BCUT2D eigenvalue weighted by Crippen LogP contribution is -2.29. The van der Waals surface area contributed by atoms with E-state index in [4.69, 9.17) is 24.3 Å². The fraction of sp³-hybridized carbons (Fsp3) is 0.841. The summed E-state index contributed by atoms with van der Waals surface area (Å²) in [6.07, 6.45) is 73.3. The van der Waals surface area contributed by atoms with Crippen LogP contribution in [0.1, 0.15) is 309 Å². The molecule has 9 nitrogen and oxygen atoms in total. The van der Waals surface area contributed by atoms with E-state index in [1.807, 2.05) is 0 Å². The first-order valence-corrected chi connectivity index (χ1v) is 32.6. The molecule has 428 valence electrons. The Hall–Kier alpha value is -2.03. The molecule has 0 spiro atoms. The molecule has 0 fully saturated rings. The SMILES string of the molecule is CC/C=C\C/C=C\C/C=C\C/C=C\CCCCCCCCCCCCC(=O)OC(COC(=O)CCCCCCCCCCCCCCCCCCCCCCCCCCCCCCC)COP(=O)(O)OCCN. The van der Waals surface area contributed by atoms with Gasteiger partial charge in [0.05, 0.1) is 13.2 Å². The van der Waals surface area contributed by atoms with Gasteiger partial charge < -0.3 is 20.1 Å². The first-order chi connectivity index (χ1) is 35.8. The molecule has 2 atom stereocenters. The summed E-state index contributed by atoms with van der Waals surface area (Å²) in [6, 6.07) is 0. The zero-order chi connectivity index (χ0) is 53.1. The number of carbonyl (C=O) groups is 2. The molecule has 10 heteroatoms. The van der Waals surface area contributed by atoms with Crippen molar-refractivity contribution in [1.82, 2.24) is 0 Å². The zero-order valence-corrected chi connectivity index (χ0v) is 48.8. The van der Waals surface area contributed by atoms with Crippen LogP contribution in [-0.4, -0.2) is 49.3 Å². The molecule has 0 amide bonds. The van der Waals surface area contributed by atoms with E-state index in [-0.39, 0.29) is 38.6 Å². The summed E-state index contributed by atoms with van der Waals surface area (Å²) in [6.45, 7) is 3.68. The number of esters is 2. The molecule has 0 rings (SSSR count). The van der Waals surface area contributed by atoms with E-state index < -0.39 is 26.5 Å². The van der Waals surface area contributed by atoms with Crippen LogP contribution in [0, 0.1) is 0 Å². The summed E-state index contributed by atoms with van der Waals surface area (Å²) in [5.74, 6) is -0.819. The molecule has 0 aromatic heterocycles. The Balaban J connectivity index is 3.89. The summed E-state index contributed by atoms with van der Waals surface area (Å²) in [7, 11) is -4.39. The highest BCUT2D eigenvalue weighted by Gasteiger charge is 2.26. The molecule has 3 N–H and O–H groups in total. The highest BCUT2D eigenvalue weighted by molar-refractivity contribution is 7.47. The topological polar surface area (TPSA) is 134 Å². The van der Waals surface area contributed by atoms with Gasteiger partial charge in [0.25, 0.3) is 0 Å². The van der Waals surface area contributed by atoms with Crippen LogP contribution >= 0.6 is 7.82 Å². The van der Waals surface area contributed by atoms with Crippen LogP contribution < -0.4 is 5.73 Å². The van der Waals surface area contributed by atoms with Gasteiger partial charge >= 0.3 is 19.8 Å². The van der Waals surface area contributed by atoms with Crippen molar-refractivity contribution in [1.29, 1.82) is 0 Å². The number of phosphoric ester groups is 1. The van der Waals surface area contributed by atoms with Gasteiger partial charge in [-0.3, -0.25) is 18.6 Å². The second-order valence-electron chi connectivity index (χ2n) is 20.9. The van der Waals surface area contributed by atoms with Crippen molar-refractivity contribution >= 4 is 19.8 Å². The van der Waals surface area contributed by atoms with Crippen molar-refractivity contribution in [2.24, 2.45) is 5.73 Å².